The molecular formula is C18H30O17. The third-order valence-corrected chi connectivity index (χ3v) is 6.06. The van der Waals surface area contributed by atoms with Crippen LogP contribution in [-0.4, -0.2) is 167 Å². The molecule has 0 aromatic carbocycles. The van der Waals surface area contributed by atoms with E-state index >= 15 is 0 Å². The summed E-state index contributed by atoms with van der Waals surface area (Å²) < 4.78 is 25.8. The number of aliphatic hydroxyl groups excluding tert-OH is 10. The van der Waals surface area contributed by atoms with Gasteiger partial charge in [-0.1, -0.05) is 0 Å². The summed E-state index contributed by atoms with van der Waals surface area (Å²) >= 11 is 0. The normalized spacial score (nSPS) is 51.2. The summed E-state index contributed by atoms with van der Waals surface area (Å²) in [5.74, 6) is -1.69. The van der Waals surface area contributed by atoms with E-state index in [0.29, 0.717) is 0 Å². The number of ether oxygens (including phenoxy) is 5. The lowest BCUT2D eigenvalue weighted by Crippen LogP contribution is -2.66. The molecule has 17 heteroatoms. The molecule has 0 aromatic rings. The summed E-state index contributed by atoms with van der Waals surface area (Å²) in [5.41, 5.74) is 0. The van der Waals surface area contributed by atoms with Crippen molar-refractivity contribution >= 4 is 5.97 Å². The van der Waals surface area contributed by atoms with Gasteiger partial charge in [0, 0.05) is 0 Å². The molecule has 15 atom stereocenters. The van der Waals surface area contributed by atoms with Crippen molar-refractivity contribution in [2.45, 2.75) is 92.1 Å². The first-order valence-electron chi connectivity index (χ1n) is 10.6. The minimum Gasteiger partial charge on any atom is -0.479 e. The molecule has 0 saturated carbocycles. The zero-order valence-electron chi connectivity index (χ0n) is 17.9. The van der Waals surface area contributed by atoms with Crippen LogP contribution in [0.2, 0.25) is 0 Å². The maximum atomic E-state index is 11.2. The largest absolute Gasteiger partial charge is 0.479 e. The Morgan fingerprint density at radius 3 is 1.66 bits per heavy atom. The lowest BCUT2D eigenvalue weighted by atomic mass is 9.96. The molecule has 0 bridgehead atoms. The average molecular weight is 518 g/mol. The zero-order valence-corrected chi connectivity index (χ0v) is 17.9. The van der Waals surface area contributed by atoms with Crippen LogP contribution in [0, 0.1) is 0 Å². The van der Waals surface area contributed by atoms with E-state index in [2.05, 4.69) is 4.74 Å². The van der Waals surface area contributed by atoms with E-state index < -0.39 is 111 Å². The van der Waals surface area contributed by atoms with Crippen molar-refractivity contribution in [1.82, 2.24) is 0 Å². The van der Waals surface area contributed by atoms with E-state index in [-0.39, 0.29) is 0 Å². The quantitative estimate of drug-likeness (QED) is 0.149. The average Bonchev–Trinajstić information content (AvgIpc) is 2.82. The Morgan fingerprint density at radius 2 is 1.11 bits per heavy atom. The highest BCUT2D eigenvalue weighted by Gasteiger charge is 2.54. The van der Waals surface area contributed by atoms with E-state index in [4.69, 9.17) is 24.1 Å². The van der Waals surface area contributed by atoms with Gasteiger partial charge in [0.05, 0.1) is 13.2 Å². The monoisotopic (exact) mass is 518 g/mol. The second kappa shape index (κ2) is 11.5. The van der Waals surface area contributed by atoms with Crippen molar-refractivity contribution in [3.63, 3.8) is 0 Å². The lowest BCUT2D eigenvalue weighted by Gasteiger charge is -2.47. The van der Waals surface area contributed by atoms with Crippen LogP contribution < -0.4 is 0 Å². The highest BCUT2D eigenvalue weighted by atomic mass is 16.7. The number of hydrogen-bond donors (Lipinski definition) is 11. The zero-order chi connectivity index (χ0) is 26.2. The fourth-order valence-corrected chi connectivity index (χ4v) is 4.04. The number of carboxylic acid groups (broad SMARTS) is 1. The number of aliphatic hydroxyl groups is 10. The molecule has 3 fully saturated rings. The minimum absolute atomic E-state index is 0.768. The van der Waals surface area contributed by atoms with Gasteiger partial charge in [-0.05, 0) is 0 Å². The number of hydrogen-bond acceptors (Lipinski definition) is 16. The Balaban J connectivity index is 1.73. The van der Waals surface area contributed by atoms with Crippen LogP contribution in [0.4, 0.5) is 0 Å². The van der Waals surface area contributed by atoms with Crippen LogP contribution in [0.5, 0.6) is 0 Å². The first-order valence-corrected chi connectivity index (χ1v) is 10.6. The molecule has 204 valence electrons. The van der Waals surface area contributed by atoms with Crippen molar-refractivity contribution in [2.24, 2.45) is 0 Å². The van der Waals surface area contributed by atoms with Crippen molar-refractivity contribution < 1.29 is 84.7 Å². The molecule has 35 heavy (non-hydrogen) atoms. The van der Waals surface area contributed by atoms with Gasteiger partial charge >= 0.3 is 5.97 Å². The van der Waals surface area contributed by atoms with Crippen LogP contribution in [0.1, 0.15) is 0 Å². The first kappa shape index (κ1) is 28.4. The fourth-order valence-electron chi connectivity index (χ4n) is 4.04. The van der Waals surface area contributed by atoms with Crippen LogP contribution in [0.3, 0.4) is 0 Å². The second-order valence-corrected chi connectivity index (χ2v) is 8.37. The SMILES string of the molecule is O=C(O)[C@H]1OC(O)[C@H](O)[C@@H](O[C@@H]2O[C@H](CO)[C@H](O[C@@H]3O[C@H](CO)[C@H](O)[C@H](O)[C@H]3O)[C@H](O)[C@H]2O)[C@@H]1O. The van der Waals surface area contributed by atoms with Crippen LogP contribution in [0.15, 0.2) is 0 Å². The summed E-state index contributed by atoms with van der Waals surface area (Å²) in [6.45, 7) is -1.65. The molecule has 0 spiro atoms. The van der Waals surface area contributed by atoms with Crippen LogP contribution in [0.25, 0.3) is 0 Å². The first-order chi connectivity index (χ1) is 16.4. The standard InChI is InChI=1S/C18H30O17/c19-1-3-5(21)6(22)8(24)17(31-3)34-12-4(2-20)32-18(9(25)7(12)23)35-13-10(26)14(15(28)29)33-16(30)11(13)27/h3-14,16-27,30H,1-2H2,(H,28,29)/t3-,4-,5+,6+,7-,8-,9-,10+,11-,12+,13+,14+,16?,17+,18+/m1/s1. The van der Waals surface area contributed by atoms with Crippen molar-refractivity contribution in [2.75, 3.05) is 13.2 Å². The Kier molecular flexibility index (Phi) is 9.35. The van der Waals surface area contributed by atoms with Gasteiger partial charge in [0.2, 0.25) is 0 Å². The smallest absolute Gasteiger partial charge is 0.335 e. The molecular weight excluding hydrogens is 488 g/mol. The number of carbonyl (C=O) groups is 1. The predicted molar refractivity (Wildman–Crippen MR) is 102 cm³/mol. The summed E-state index contributed by atoms with van der Waals surface area (Å²) in [7, 11) is 0. The molecule has 0 radical (unpaired) electrons. The molecule has 0 aromatic heterocycles. The molecule has 11 N–H and O–H groups in total. The number of aliphatic carboxylic acids is 1. The summed E-state index contributed by atoms with van der Waals surface area (Å²) in [6, 6.07) is 0. The topological polar surface area (TPSA) is 286 Å². The Bertz CT molecular complexity index is 707. The second-order valence-electron chi connectivity index (χ2n) is 8.37. The molecule has 3 saturated heterocycles. The molecule has 3 heterocycles. The third kappa shape index (κ3) is 5.59. The van der Waals surface area contributed by atoms with Gasteiger partial charge < -0.3 is 79.9 Å². The van der Waals surface area contributed by atoms with E-state index in [0.717, 1.165) is 0 Å². The number of rotatable bonds is 7. The van der Waals surface area contributed by atoms with E-state index in [1.807, 2.05) is 0 Å². The van der Waals surface area contributed by atoms with E-state index in [1.165, 1.54) is 0 Å². The molecule has 3 aliphatic rings. The van der Waals surface area contributed by atoms with Crippen LogP contribution >= 0.6 is 0 Å². The molecule has 0 amide bonds. The fraction of sp³-hybridized carbons (Fsp3) is 0.944. The number of carboxylic acids is 1. The van der Waals surface area contributed by atoms with Gasteiger partial charge in [-0.2, -0.15) is 0 Å². The van der Waals surface area contributed by atoms with Gasteiger partial charge in [0.1, 0.15) is 67.1 Å². The maximum Gasteiger partial charge on any atom is 0.335 e. The van der Waals surface area contributed by atoms with Gasteiger partial charge in [-0.25, -0.2) is 4.79 Å². The molecule has 3 rings (SSSR count). The highest BCUT2D eigenvalue weighted by molar-refractivity contribution is 5.73. The Labute approximate surface area is 196 Å². The van der Waals surface area contributed by atoms with Gasteiger partial charge in [-0.15, -0.1) is 0 Å². The molecule has 1 unspecified atom stereocenters. The molecule has 3 aliphatic heterocycles. The van der Waals surface area contributed by atoms with Crippen molar-refractivity contribution in [3.8, 4) is 0 Å². The maximum absolute atomic E-state index is 11.2. The predicted octanol–water partition coefficient (Wildman–Crippen LogP) is -7.48. The van der Waals surface area contributed by atoms with Crippen molar-refractivity contribution in [1.29, 1.82) is 0 Å². The minimum atomic E-state index is -2.09. The lowest BCUT2D eigenvalue weighted by molar-refractivity contribution is -0.376. The molecule has 0 aliphatic carbocycles. The van der Waals surface area contributed by atoms with Crippen molar-refractivity contribution in [3.05, 3.63) is 0 Å². The van der Waals surface area contributed by atoms with E-state index in [9.17, 15) is 55.9 Å². The van der Waals surface area contributed by atoms with Gasteiger partial charge in [0.25, 0.3) is 0 Å². The van der Waals surface area contributed by atoms with E-state index in [1.54, 1.807) is 0 Å². The summed E-state index contributed by atoms with van der Waals surface area (Å²) in [6.07, 6.45) is -27.5. The highest BCUT2D eigenvalue weighted by Crippen LogP contribution is 2.32. The van der Waals surface area contributed by atoms with Crippen LogP contribution in [-0.2, 0) is 28.5 Å². The summed E-state index contributed by atoms with van der Waals surface area (Å²) in [5, 5.41) is 109. The Morgan fingerprint density at radius 1 is 0.600 bits per heavy atom. The van der Waals surface area contributed by atoms with Gasteiger partial charge in [-0.3, -0.25) is 0 Å². The molecule has 17 nitrogen and oxygen atoms in total. The van der Waals surface area contributed by atoms with Gasteiger partial charge in [0.15, 0.2) is 25.0 Å². The third-order valence-electron chi connectivity index (χ3n) is 6.06. The Hall–Kier alpha value is -1.13. The summed E-state index contributed by atoms with van der Waals surface area (Å²) in [4.78, 5) is 11.2.